The summed E-state index contributed by atoms with van der Waals surface area (Å²) in [6.45, 7) is 0. The van der Waals surface area contributed by atoms with Crippen molar-refractivity contribution in [2.24, 2.45) is 10.8 Å². The van der Waals surface area contributed by atoms with Crippen molar-refractivity contribution in [2.45, 2.75) is 12.8 Å². The number of barbiturate groups is 2. The molecule has 2 saturated heterocycles. The van der Waals surface area contributed by atoms with Gasteiger partial charge in [0.25, 0.3) is 0 Å². The van der Waals surface area contributed by atoms with Gasteiger partial charge in [-0.15, -0.1) is 0 Å². The van der Waals surface area contributed by atoms with E-state index in [0.29, 0.717) is 0 Å². The lowest BCUT2D eigenvalue weighted by atomic mass is 9.49. The Morgan fingerprint density at radius 3 is 0.958 bits per heavy atom. The Morgan fingerprint density at radius 1 is 0.542 bits per heavy atom. The highest BCUT2D eigenvalue weighted by Gasteiger charge is 2.75. The summed E-state index contributed by atoms with van der Waals surface area (Å²) in [5.41, 5.74) is -3.24. The van der Waals surface area contributed by atoms with Crippen molar-refractivity contribution in [3.05, 3.63) is 0 Å². The fourth-order valence-corrected chi connectivity index (χ4v) is 3.85. The zero-order valence-electron chi connectivity index (χ0n) is 13.7. The van der Waals surface area contributed by atoms with Crippen LogP contribution >= 0.6 is 0 Å². The van der Waals surface area contributed by atoms with E-state index >= 15 is 0 Å². The van der Waals surface area contributed by atoms with Gasteiger partial charge in [0.2, 0.25) is 23.6 Å². The average Bonchev–Trinajstić information content (AvgIpc) is 2.53. The van der Waals surface area contributed by atoms with Gasteiger partial charge >= 0.3 is 12.1 Å². The van der Waals surface area contributed by atoms with Crippen LogP contribution in [0.4, 0.5) is 9.59 Å². The summed E-state index contributed by atoms with van der Waals surface area (Å²) in [7, 11) is 4.97. The Bertz CT molecular complexity index is 626. The largest absolute Gasteiger partial charge is 0.332 e. The first kappa shape index (κ1) is 16.1. The SMILES string of the molecule is CN1C(=O)N(C)C(=O)C2(CC3(C2)C(=O)N(C)C(=O)N(C)C3=O)C1=O. The van der Waals surface area contributed by atoms with Crippen LogP contribution in [-0.4, -0.2) is 83.5 Å². The second-order valence-electron chi connectivity index (χ2n) is 6.54. The van der Waals surface area contributed by atoms with Gasteiger partial charge in [-0.3, -0.25) is 38.8 Å². The molecule has 3 rings (SSSR count). The molecule has 0 unspecified atom stereocenters. The van der Waals surface area contributed by atoms with Crippen molar-refractivity contribution in [1.29, 1.82) is 0 Å². The first-order valence-corrected chi connectivity index (χ1v) is 7.22. The fraction of sp³-hybridized carbons (Fsp3) is 0.571. The van der Waals surface area contributed by atoms with E-state index in [1.54, 1.807) is 0 Å². The fourth-order valence-electron chi connectivity index (χ4n) is 3.85. The number of amides is 8. The Kier molecular flexibility index (Phi) is 2.95. The van der Waals surface area contributed by atoms with Gasteiger partial charge < -0.3 is 0 Å². The third kappa shape index (κ3) is 1.50. The van der Waals surface area contributed by atoms with Crippen LogP contribution < -0.4 is 0 Å². The van der Waals surface area contributed by atoms with Crippen LogP contribution in [0.3, 0.4) is 0 Å². The predicted octanol–water partition coefficient (Wildman–Crippen LogP) is -1.15. The summed E-state index contributed by atoms with van der Waals surface area (Å²) in [5, 5.41) is 0. The van der Waals surface area contributed by atoms with Crippen molar-refractivity contribution in [2.75, 3.05) is 28.2 Å². The predicted molar refractivity (Wildman–Crippen MR) is 76.0 cm³/mol. The van der Waals surface area contributed by atoms with Gasteiger partial charge in [-0.2, -0.15) is 0 Å². The number of rotatable bonds is 0. The first-order valence-electron chi connectivity index (χ1n) is 7.22. The van der Waals surface area contributed by atoms with E-state index in [2.05, 4.69) is 0 Å². The molecule has 0 aromatic heterocycles. The smallest absolute Gasteiger partial charge is 0.273 e. The zero-order valence-corrected chi connectivity index (χ0v) is 13.7. The van der Waals surface area contributed by atoms with Gasteiger partial charge in [0.05, 0.1) is 0 Å². The highest BCUT2D eigenvalue weighted by molar-refractivity contribution is 6.25. The zero-order chi connectivity index (χ0) is 18.2. The molecule has 2 heterocycles. The van der Waals surface area contributed by atoms with E-state index < -0.39 is 46.5 Å². The standard InChI is InChI=1S/C14H16N4O6/c1-15-7(19)13(8(20)16(2)11(15)23)5-14(6-13)9(21)17(3)12(24)18(4)10(14)22/h5-6H2,1-4H3. The molecule has 2 aliphatic heterocycles. The quantitative estimate of drug-likeness (QED) is 0.516. The van der Waals surface area contributed by atoms with Crippen LogP contribution in [-0.2, 0) is 19.2 Å². The number of nitrogens with zero attached hydrogens (tertiary/aromatic N) is 4. The molecule has 10 nitrogen and oxygen atoms in total. The third-order valence-electron chi connectivity index (χ3n) is 5.21. The number of carbonyl (C=O) groups is 6. The van der Waals surface area contributed by atoms with Crippen molar-refractivity contribution in [1.82, 2.24) is 19.6 Å². The van der Waals surface area contributed by atoms with Gasteiger partial charge in [0.15, 0.2) is 0 Å². The number of imide groups is 4. The summed E-state index contributed by atoms with van der Waals surface area (Å²) in [6, 6.07) is -1.52. The van der Waals surface area contributed by atoms with E-state index in [1.165, 1.54) is 28.2 Å². The van der Waals surface area contributed by atoms with Crippen LogP contribution in [0.2, 0.25) is 0 Å². The molecule has 0 N–H and O–H groups in total. The van der Waals surface area contributed by atoms with E-state index in [0.717, 1.165) is 19.6 Å². The molecule has 3 fully saturated rings. The van der Waals surface area contributed by atoms with Gasteiger partial charge in [0.1, 0.15) is 10.8 Å². The van der Waals surface area contributed by atoms with Gasteiger partial charge in [0, 0.05) is 28.2 Å². The van der Waals surface area contributed by atoms with Crippen LogP contribution in [0.25, 0.3) is 0 Å². The molecule has 0 aromatic carbocycles. The molecule has 24 heavy (non-hydrogen) atoms. The van der Waals surface area contributed by atoms with Gasteiger partial charge in [-0.1, -0.05) is 0 Å². The van der Waals surface area contributed by atoms with Crippen molar-refractivity contribution in [3.8, 4) is 0 Å². The Labute approximate surface area is 136 Å². The third-order valence-corrected chi connectivity index (χ3v) is 5.21. The molecule has 0 atom stereocenters. The maximum Gasteiger partial charge on any atom is 0.332 e. The molecule has 0 aromatic rings. The molecule has 2 spiro atoms. The average molecular weight is 336 g/mol. The Balaban J connectivity index is 2.01. The van der Waals surface area contributed by atoms with Crippen molar-refractivity contribution < 1.29 is 28.8 Å². The molecular weight excluding hydrogens is 320 g/mol. The normalized spacial score (nSPS) is 26.0. The molecular formula is C14H16N4O6. The summed E-state index contributed by atoms with van der Waals surface area (Å²) >= 11 is 0. The number of hydrogen-bond donors (Lipinski definition) is 0. The molecule has 1 saturated carbocycles. The van der Waals surface area contributed by atoms with Crippen molar-refractivity contribution >= 4 is 35.7 Å². The molecule has 8 amide bonds. The lowest BCUT2D eigenvalue weighted by Crippen LogP contribution is -2.76. The summed E-state index contributed by atoms with van der Waals surface area (Å²) in [5.74, 6) is -2.93. The molecule has 0 radical (unpaired) electrons. The van der Waals surface area contributed by atoms with Crippen LogP contribution in [0.1, 0.15) is 12.8 Å². The molecule has 1 aliphatic carbocycles. The van der Waals surface area contributed by atoms with E-state index in [1.807, 2.05) is 0 Å². The minimum Gasteiger partial charge on any atom is -0.273 e. The van der Waals surface area contributed by atoms with E-state index in [-0.39, 0.29) is 12.8 Å². The topological polar surface area (TPSA) is 115 Å². The van der Waals surface area contributed by atoms with Crippen molar-refractivity contribution in [3.63, 3.8) is 0 Å². The lowest BCUT2D eigenvalue weighted by molar-refractivity contribution is -0.188. The Hall–Kier alpha value is -2.78. The maximum absolute atomic E-state index is 12.5. The second-order valence-corrected chi connectivity index (χ2v) is 6.54. The summed E-state index contributed by atoms with van der Waals surface area (Å²) in [6.07, 6.45) is -0.696. The van der Waals surface area contributed by atoms with Crippen LogP contribution in [0.15, 0.2) is 0 Å². The maximum atomic E-state index is 12.5. The summed E-state index contributed by atoms with van der Waals surface area (Å²) < 4.78 is 0. The summed E-state index contributed by atoms with van der Waals surface area (Å²) in [4.78, 5) is 76.9. The second kappa shape index (κ2) is 4.40. The minimum atomic E-state index is -1.62. The van der Waals surface area contributed by atoms with Crippen LogP contribution in [0, 0.1) is 10.8 Å². The molecule has 3 aliphatic rings. The highest BCUT2D eigenvalue weighted by Crippen LogP contribution is 2.59. The molecule has 128 valence electrons. The van der Waals surface area contributed by atoms with Gasteiger partial charge in [-0.25, -0.2) is 9.59 Å². The van der Waals surface area contributed by atoms with Gasteiger partial charge in [-0.05, 0) is 12.8 Å². The highest BCUT2D eigenvalue weighted by atomic mass is 16.2. The minimum absolute atomic E-state index is 0.348. The van der Waals surface area contributed by atoms with Crippen LogP contribution in [0.5, 0.6) is 0 Å². The molecule has 10 heteroatoms. The Morgan fingerprint density at radius 2 is 0.750 bits per heavy atom. The number of urea groups is 2. The van der Waals surface area contributed by atoms with E-state index in [9.17, 15) is 28.8 Å². The number of hydrogen-bond acceptors (Lipinski definition) is 6. The number of carbonyl (C=O) groups excluding carboxylic acids is 6. The monoisotopic (exact) mass is 336 g/mol. The van der Waals surface area contributed by atoms with E-state index in [4.69, 9.17) is 0 Å². The molecule has 0 bridgehead atoms. The lowest BCUT2D eigenvalue weighted by Gasteiger charge is -2.57. The first-order chi connectivity index (χ1) is 11.0.